The van der Waals surface area contributed by atoms with Crippen molar-refractivity contribution in [2.45, 2.75) is 57.5 Å². The molecule has 3 N–H and O–H groups in total. The van der Waals surface area contributed by atoms with E-state index in [-0.39, 0.29) is 23.9 Å². The van der Waals surface area contributed by atoms with Crippen molar-refractivity contribution in [3.05, 3.63) is 52.2 Å². The molecule has 2 unspecified atom stereocenters. The first kappa shape index (κ1) is 20.6. The zero-order valence-corrected chi connectivity index (χ0v) is 17.2. The largest absolute Gasteiger partial charge is 0.334 e. The van der Waals surface area contributed by atoms with Crippen LogP contribution >= 0.6 is 11.3 Å². The van der Waals surface area contributed by atoms with Crippen molar-refractivity contribution in [1.29, 1.82) is 0 Å². The Morgan fingerprint density at radius 1 is 1.29 bits per heavy atom. The standard InChI is InChI=1S/C22H29N3O2S/c1-16(23)20-11-2-3-13-25(20)22(27)17-7-4-8-18(15-17)24-21(26)12-5-9-19-10-6-14-28-19/h4,6-8,10,14-16,20H,2-3,5,9,11-13,23H2,1H3,(H,24,26). The Bertz CT molecular complexity index is 789. The van der Waals surface area contributed by atoms with Crippen molar-refractivity contribution in [1.82, 2.24) is 4.90 Å². The lowest BCUT2D eigenvalue weighted by atomic mass is 9.96. The highest BCUT2D eigenvalue weighted by atomic mass is 32.1. The number of carbonyl (C=O) groups is 2. The van der Waals surface area contributed by atoms with Gasteiger partial charge in [-0.1, -0.05) is 12.1 Å². The first-order valence-corrected chi connectivity index (χ1v) is 10.9. The molecule has 1 aliphatic heterocycles. The van der Waals surface area contributed by atoms with E-state index in [1.165, 1.54) is 4.88 Å². The number of aryl methyl sites for hydroxylation is 1. The maximum absolute atomic E-state index is 13.0. The van der Waals surface area contributed by atoms with Crippen LogP contribution in [-0.4, -0.2) is 35.3 Å². The number of rotatable bonds is 7. The fourth-order valence-corrected chi connectivity index (χ4v) is 4.50. The maximum Gasteiger partial charge on any atom is 0.254 e. The third kappa shape index (κ3) is 5.42. The maximum atomic E-state index is 13.0. The molecule has 0 aliphatic carbocycles. The summed E-state index contributed by atoms with van der Waals surface area (Å²) in [6.45, 7) is 2.70. The molecule has 1 aliphatic rings. The van der Waals surface area contributed by atoms with Gasteiger partial charge in [-0.2, -0.15) is 0 Å². The van der Waals surface area contributed by atoms with E-state index in [2.05, 4.69) is 16.8 Å². The second-order valence-corrected chi connectivity index (χ2v) is 8.51. The summed E-state index contributed by atoms with van der Waals surface area (Å²) in [4.78, 5) is 28.5. The lowest BCUT2D eigenvalue weighted by Gasteiger charge is -2.38. The Labute approximate surface area is 170 Å². The summed E-state index contributed by atoms with van der Waals surface area (Å²) < 4.78 is 0. The fourth-order valence-electron chi connectivity index (χ4n) is 3.75. The van der Waals surface area contributed by atoms with Crippen molar-refractivity contribution in [3.8, 4) is 0 Å². The number of nitrogens with two attached hydrogens (primary N) is 1. The van der Waals surface area contributed by atoms with Crippen molar-refractivity contribution < 1.29 is 9.59 Å². The number of anilines is 1. The molecule has 2 heterocycles. The summed E-state index contributed by atoms with van der Waals surface area (Å²) >= 11 is 1.72. The molecule has 0 radical (unpaired) electrons. The van der Waals surface area contributed by atoms with Gasteiger partial charge in [0.25, 0.3) is 5.91 Å². The molecule has 1 aromatic heterocycles. The molecule has 2 amide bonds. The fraction of sp³-hybridized carbons (Fsp3) is 0.455. The molecule has 3 rings (SSSR count). The van der Waals surface area contributed by atoms with Gasteiger partial charge in [-0.15, -0.1) is 11.3 Å². The number of nitrogens with one attached hydrogen (secondary N) is 1. The SMILES string of the molecule is CC(N)C1CCCCN1C(=O)c1cccc(NC(=O)CCCc2cccs2)c1. The van der Waals surface area contributed by atoms with Crippen LogP contribution in [0, 0.1) is 0 Å². The van der Waals surface area contributed by atoms with Gasteiger partial charge in [-0.05, 0) is 68.7 Å². The number of carbonyl (C=O) groups excluding carboxylic acids is 2. The van der Waals surface area contributed by atoms with Crippen molar-refractivity contribution >= 4 is 28.8 Å². The van der Waals surface area contributed by atoms with Gasteiger partial charge in [0.2, 0.25) is 5.91 Å². The monoisotopic (exact) mass is 399 g/mol. The topological polar surface area (TPSA) is 75.4 Å². The van der Waals surface area contributed by atoms with Crippen LogP contribution < -0.4 is 11.1 Å². The van der Waals surface area contributed by atoms with Gasteiger partial charge in [-0.25, -0.2) is 0 Å². The number of hydrogen-bond donors (Lipinski definition) is 2. The minimum absolute atomic E-state index is 0.00389. The van der Waals surface area contributed by atoms with E-state index in [0.717, 1.165) is 38.6 Å². The molecule has 2 atom stereocenters. The molecule has 1 fully saturated rings. The van der Waals surface area contributed by atoms with Crippen molar-refractivity contribution in [3.63, 3.8) is 0 Å². The molecule has 0 bridgehead atoms. The highest BCUT2D eigenvalue weighted by Gasteiger charge is 2.29. The molecule has 5 nitrogen and oxygen atoms in total. The van der Waals surface area contributed by atoms with Crippen LogP contribution in [-0.2, 0) is 11.2 Å². The van der Waals surface area contributed by atoms with Gasteiger partial charge in [0.15, 0.2) is 0 Å². The lowest BCUT2D eigenvalue weighted by Crippen LogP contribution is -2.51. The number of piperidine rings is 1. The third-order valence-electron chi connectivity index (χ3n) is 5.22. The summed E-state index contributed by atoms with van der Waals surface area (Å²) in [6, 6.07) is 11.4. The highest BCUT2D eigenvalue weighted by molar-refractivity contribution is 7.09. The van der Waals surface area contributed by atoms with Crippen LogP contribution in [0.15, 0.2) is 41.8 Å². The number of amides is 2. The number of benzene rings is 1. The van der Waals surface area contributed by atoms with Gasteiger partial charge in [0.05, 0.1) is 0 Å². The van der Waals surface area contributed by atoms with Gasteiger partial charge >= 0.3 is 0 Å². The predicted molar refractivity (Wildman–Crippen MR) is 115 cm³/mol. The van der Waals surface area contributed by atoms with Gasteiger partial charge in [0.1, 0.15) is 0 Å². The van der Waals surface area contributed by atoms with Crippen LogP contribution in [0.2, 0.25) is 0 Å². The second kappa shape index (κ2) is 9.85. The number of thiophene rings is 1. The molecular weight excluding hydrogens is 370 g/mol. The third-order valence-corrected chi connectivity index (χ3v) is 6.15. The van der Waals surface area contributed by atoms with Crippen molar-refractivity contribution in [2.75, 3.05) is 11.9 Å². The quantitative estimate of drug-likeness (QED) is 0.737. The molecule has 2 aromatic rings. The molecule has 150 valence electrons. The number of hydrogen-bond acceptors (Lipinski definition) is 4. The van der Waals surface area contributed by atoms with Crippen LogP contribution in [0.25, 0.3) is 0 Å². The minimum Gasteiger partial charge on any atom is -0.334 e. The Hall–Kier alpha value is -2.18. The van der Waals surface area contributed by atoms with Gasteiger partial charge < -0.3 is 16.0 Å². The smallest absolute Gasteiger partial charge is 0.254 e. The molecule has 1 saturated heterocycles. The summed E-state index contributed by atoms with van der Waals surface area (Å²) in [5.74, 6) is -0.0246. The Morgan fingerprint density at radius 2 is 2.14 bits per heavy atom. The molecule has 0 saturated carbocycles. The van der Waals surface area contributed by atoms with E-state index in [1.54, 1.807) is 17.4 Å². The zero-order valence-electron chi connectivity index (χ0n) is 16.4. The van der Waals surface area contributed by atoms with Crippen LogP contribution in [0.1, 0.15) is 54.3 Å². The highest BCUT2D eigenvalue weighted by Crippen LogP contribution is 2.23. The second-order valence-electron chi connectivity index (χ2n) is 7.48. The first-order chi connectivity index (χ1) is 13.5. The van der Waals surface area contributed by atoms with E-state index in [9.17, 15) is 9.59 Å². The predicted octanol–water partition coefficient (Wildman–Crippen LogP) is 4.05. The van der Waals surface area contributed by atoms with Crippen LogP contribution in [0.4, 0.5) is 5.69 Å². The van der Waals surface area contributed by atoms with Crippen LogP contribution in [0.3, 0.4) is 0 Å². The number of likely N-dealkylation sites (tertiary alicyclic amines) is 1. The Morgan fingerprint density at radius 3 is 2.89 bits per heavy atom. The molecular formula is C22H29N3O2S. The summed E-state index contributed by atoms with van der Waals surface area (Å²) in [6.07, 6.45) is 5.26. The zero-order chi connectivity index (χ0) is 19.9. The summed E-state index contributed by atoms with van der Waals surface area (Å²) in [5.41, 5.74) is 7.37. The summed E-state index contributed by atoms with van der Waals surface area (Å²) in [7, 11) is 0. The van der Waals surface area contributed by atoms with E-state index in [4.69, 9.17) is 5.73 Å². The van der Waals surface area contributed by atoms with E-state index in [0.29, 0.717) is 17.7 Å². The van der Waals surface area contributed by atoms with Gasteiger partial charge in [-0.3, -0.25) is 9.59 Å². The molecule has 28 heavy (non-hydrogen) atoms. The molecule has 1 aromatic carbocycles. The van der Waals surface area contributed by atoms with Crippen molar-refractivity contribution in [2.24, 2.45) is 5.73 Å². The Balaban J connectivity index is 1.58. The average molecular weight is 400 g/mol. The van der Waals surface area contributed by atoms with Gasteiger partial charge in [0, 0.05) is 41.2 Å². The van der Waals surface area contributed by atoms with E-state index < -0.39 is 0 Å². The number of nitrogens with zero attached hydrogens (tertiary/aromatic N) is 1. The molecule has 6 heteroatoms. The molecule has 0 spiro atoms. The van der Waals surface area contributed by atoms with E-state index >= 15 is 0 Å². The first-order valence-electron chi connectivity index (χ1n) is 10.0. The van der Waals surface area contributed by atoms with Crippen LogP contribution in [0.5, 0.6) is 0 Å². The lowest BCUT2D eigenvalue weighted by molar-refractivity contribution is -0.116. The Kier molecular flexibility index (Phi) is 7.23. The minimum atomic E-state index is -0.0459. The normalized spacial score (nSPS) is 17.9. The average Bonchev–Trinajstić information content (AvgIpc) is 3.21. The van der Waals surface area contributed by atoms with E-state index in [1.807, 2.05) is 36.1 Å². The summed E-state index contributed by atoms with van der Waals surface area (Å²) in [5, 5.41) is 4.98.